The average Bonchev–Trinajstić information content (AvgIpc) is 3.28. The standard InChI is InChI=1S/C29H24F2N2O6/c1-37-21-13-11-18(12-14-21)17-7-9-20(10-8-17)25(19-5-3-2-4-6-19)39-26-23(16-34)38-28(24(26)31)33-15-22(30)27(35)32-29(33)36/h2-16,23-26,28H,1H3,(H,32,35,36). The van der Waals surface area contributed by atoms with Crippen molar-refractivity contribution < 1.29 is 27.8 Å². The first-order chi connectivity index (χ1) is 18.9. The van der Waals surface area contributed by atoms with Gasteiger partial charge in [0.1, 0.15) is 24.1 Å². The van der Waals surface area contributed by atoms with E-state index in [4.69, 9.17) is 14.2 Å². The number of aromatic nitrogens is 2. The second kappa shape index (κ2) is 11.1. The van der Waals surface area contributed by atoms with E-state index < -0.39 is 47.8 Å². The number of rotatable bonds is 8. The van der Waals surface area contributed by atoms with Crippen LogP contribution in [-0.2, 0) is 14.3 Å². The second-order valence-electron chi connectivity index (χ2n) is 8.96. The third-order valence-corrected chi connectivity index (χ3v) is 6.57. The zero-order valence-corrected chi connectivity index (χ0v) is 20.7. The number of aldehydes is 1. The monoisotopic (exact) mass is 534 g/mol. The number of nitrogens with one attached hydrogen (secondary N) is 1. The van der Waals surface area contributed by atoms with Gasteiger partial charge in [0, 0.05) is 0 Å². The lowest BCUT2D eigenvalue weighted by Gasteiger charge is -2.25. The van der Waals surface area contributed by atoms with Gasteiger partial charge in [0.15, 0.2) is 18.7 Å². The van der Waals surface area contributed by atoms with E-state index >= 15 is 4.39 Å². The van der Waals surface area contributed by atoms with E-state index in [2.05, 4.69) is 0 Å². The van der Waals surface area contributed by atoms with Gasteiger partial charge in [0.2, 0.25) is 5.82 Å². The predicted molar refractivity (Wildman–Crippen MR) is 138 cm³/mol. The van der Waals surface area contributed by atoms with Crippen LogP contribution in [0.5, 0.6) is 5.75 Å². The summed E-state index contributed by atoms with van der Waals surface area (Å²) in [5, 5.41) is 0. The normalized spacial score (nSPS) is 21.4. The molecule has 0 radical (unpaired) electrons. The molecule has 1 fully saturated rings. The van der Waals surface area contributed by atoms with Crippen LogP contribution in [0.25, 0.3) is 11.1 Å². The van der Waals surface area contributed by atoms with Gasteiger partial charge in [0.25, 0.3) is 5.56 Å². The number of ether oxygens (including phenoxy) is 3. The summed E-state index contributed by atoms with van der Waals surface area (Å²) in [5.41, 5.74) is 0.967. The Labute approximate surface area is 221 Å². The van der Waals surface area contributed by atoms with Crippen LogP contribution in [0.2, 0.25) is 0 Å². The Morgan fingerprint density at radius 1 is 0.949 bits per heavy atom. The van der Waals surface area contributed by atoms with Crippen LogP contribution >= 0.6 is 0 Å². The molecule has 0 spiro atoms. The van der Waals surface area contributed by atoms with Crippen molar-refractivity contribution in [3.8, 4) is 16.9 Å². The molecule has 1 saturated heterocycles. The molecule has 3 aromatic carbocycles. The Balaban J connectivity index is 1.46. The molecule has 8 nitrogen and oxygen atoms in total. The number of aromatic amines is 1. The first-order valence-electron chi connectivity index (χ1n) is 12.1. The number of hydrogen-bond acceptors (Lipinski definition) is 6. The van der Waals surface area contributed by atoms with Crippen molar-refractivity contribution >= 4 is 6.29 Å². The van der Waals surface area contributed by atoms with E-state index in [1.54, 1.807) is 36.4 Å². The average molecular weight is 535 g/mol. The van der Waals surface area contributed by atoms with Crippen molar-refractivity contribution in [3.05, 3.63) is 123 Å². The molecule has 1 aliphatic heterocycles. The fourth-order valence-corrected chi connectivity index (χ4v) is 4.56. The maximum Gasteiger partial charge on any atom is 0.330 e. The minimum absolute atomic E-state index is 0.374. The number of H-pyrrole nitrogens is 1. The Kier molecular flexibility index (Phi) is 7.49. The van der Waals surface area contributed by atoms with Gasteiger partial charge in [-0.25, -0.2) is 9.18 Å². The Morgan fingerprint density at radius 3 is 2.18 bits per heavy atom. The molecule has 0 bridgehead atoms. The number of carbonyl (C=O) groups excluding carboxylic acids is 1. The minimum Gasteiger partial charge on any atom is -0.497 e. The molecule has 0 amide bonds. The quantitative estimate of drug-likeness (QED) is 0.344. The molecular weight excluding hydrogens is 510 g/mol. The maximum atomic E-state index is 15.7. The summed E-state index contributed by atoms with van der Waals surface area (Å²) in [6, 6.07) is 24.1. The molecule has 5 atom stereocenters. The smallest absolute Gasteiger partial charge is 0.330 e. The van der Waals surface area contributed by atoms with Gasteiger partial charge in [-0.3, -0.25) is 14.3 Å². The summed E-state index contributed by atoms with van der Waals surface area (Å²) in [5.74, 6) is -0.557. The van der Waals surface area contributed by atoms with Crippen LogP contribution < -0.4 is 16.0 Å². The number of alkyl halides is 1. The molecule has 200 valence electrons. The molecule has 5 unspecified atom stereocenters. The number of nitrogens with zero attached hydrogens (tertiary/aromatic N) is 1. The van der Waals surface area contributed by atoms with E-state index in [-0.39, 0.29) is 0 Å². The molecule has 1 N–H and O–H groups in total. The first kappa shape index (κ1) is 26.2. The van der Waals surface area contributed by atoms with E-state index in [1.807, 2.05) is 54.6 Å². The van der Waals surface area contributed by atoms with Crippen molar-refractivity contribution in [2.24, 2.45) is 0 Å². The number of carbonyl (C=O) groups is 1. The number of halogens is 2. The molecule has 0 aliphatic carbocycles. The number of benzene rings is 3. The fourth-order valence-electron chi connectivity index (χ4n) is 4.56. The van der Waals surface area contributed by atoms with Gasteiger partial charge >= 0.3 is 5.69 Å². The zero-order chi connectivity index (χ0) is 27.5. The van der Waals surface area contributed by atoms with Gasteiger partial charge in [0.05, 0.1) is 13.3 Å². The van der Waals surface area contributed by atoms with E-state index in [1.165, 1.54) is 0 Å². The number of hydrogen-bond donors (Lipinski definition) is 1. The Bertz CT molecular complexity index is 1550. The van der Waals surface area contributed by atoms with Gasteiger partial charge in [-0.2, -0.15) is 4.39 Å². The van der Waals surface area contributed by atoms with Gasteiger partial charge < -0.3 is 19.0 Å². The van der Waals surface area contributed by atoms with Crippen LogP contribution in [0.4, 0.5) is 8.78 Å². The lowest BCUT2D eigenvalue weighted by atomic mass is 9.97. The van der Waals surface area contributed by atoms with Crippen LogP contribution in [-0.4, -0.2) is 41.3 Å². The second-order valence-corrected chi connectivity index (χ2v) is 8.96. The molecule has 10 heteroatoms. The number of methoxy groups -OCH3 is 1. The lowest BCUT2D eigenvalue weighted by Crippen LogP contribution is -2.38. The summed E-state index contributed by atoms with van der Waals surface area (Å²) in [7, 11) is 1.60. The Morgan fingerprint density at radius 2 is 1.56 bits per heavy atom. The molecule has 5 rings (SSSR count). The highest BCUT2D eigenvalue weighted by Gasteiger charge is 2.48. The van der Waals surface area contributed by atoms with Crippen molar-refractivity contribution in [1.82, 2.24) is 9.55 Å². The maximum absolute atomic E-state index is 15.7. The van der Waals surface area contributed by atoms with E-state index in [0.29, 0.717) is 28.2 Å². The van der Waals surface area contributed by atoms with Gasteiger partial charge in [-0.05, 0) is 34.4 Å². The fraction of sp³-hybridized carbons (Fsp3) is 0.207. The molecule has 1 aromatic heterocycles. The third kappa shape index (κ3) is 5.29. The van der Waals surface area contributed by atoms with Gasteiger partial charge in [-0.1, -0.05) is 66.7 Å². The van der Waals surface area contributed by atoms with Gasteiger partial charge in [-0.15, -0.1) is 0 Å². The molecule has 0 saturated carbocycles. The summed E-state index contributed by atoms with van der Waals surface area (Å²) in [6.45, 7) is 0. The summed E-state index contributed by atoms with van der Waals surface area (Å²) in [6.07, 6.45) is -6.41. The van der Waals surface area contributed by atoms with E-state index in [0.717, 1.165) is 16.9 Å². The SMILES string of the molecule is COc1ccc(-c2ccc(C(OC3C(C=O)OC(n4cc(F)c(=O)[nH]c4=O)C3F)c3ccccc3)cc2)cc1. The summed E-state index contributed by atoms with van der Waals surface area (Å²) in [4.78, 5) is 37.3. The predicted octanol–water partition coefficient (Wildman–Crippen LogP) is 3.96. The van der Waals surface area contributed by atoms with Crippen LogP contribution in [0.1, 0.15) is 23.5 Å². The van der Waals surface area contributed by atoms with Crippen LogP contribution in [0.15, 0.2) is 94.6 Å². The topological polar surface area (TPSA) is 99.6 Å². The highest BCUT2D eigenvalue weighted by atomic mass is 19.1. The van der Waals surface area contributed by atoms with Crippen LogP contribution in [0.3, 0.4) is 0 Å². The largest absolute Gasteiger partial charge is 0.497 e. The minimum atomic E-state index is -2.03. The van der Waals surface area contributed by atoms with Crippen LogP contribution in [0, 0.1) is 5.82 Å². The third-order valence-electron chi connectivity index (χ3n) is 6.57. The Hall–Kier alpha value is -4.41. The molecule has 2 heterocycles. The lowest BCUT2D eigenvalue weighted by molar-refractivity contribution is -0.126. The van der Waals surface area contributed by atoms with Crippen molar-refractivity contribution in [3.63, 3.8) is 0 Å². The highest BCUT2D eigenvalue weighted by molar-refractivity contribution is 5.64. The molecule has 39 heavy (non-hydrogen) atoms. The first-order valence-corrected chi connectivity index (χ1v) is 12.1. The highest BCUT2D eigenvalue weighted by Crippen LogP contribution is 2.38. The van der Waals surface area contributed by atoms with Crippen molar-refractivity contribution in [2.75, 3.05) is 7.11 Å². The molecule has 1 aliphatic rings. The summed E-state index contributed by atoms with van der Waals surface area (Å²) < 4.78 is 47.0. The van der Waals surface area contributed by atoms with Crippen molar-refractivity contribution in [1.29, 1.82) is 0 Å². The zero-order valence-electron chi connectivity index (χ0n) is 20.7. The van der Waals surface area contributed by atoms with E-state index in [9.17, 15) is 18.8 Å². The molecular formula is C29H24F2N2O6. The molecule has 4 aromatic rings. The summed E-state index contributed by atoms with van der Waals surface area (Å²) >= 11 is 0. The van der Waals surface area contributed by atoms with Crippen molar-refractivity contribution in [2.45, 2.75) is 30.7 Å².